The molecule has 12 nitrogen and oxygen atoms in total. The molecule has 3 amide bonds. The summed E-state index contributed by atoms with van der Waals surface area (Å²) in [5.74, 6) is -0.570. The molecule has 12 heteroatoms. The van der Waals surface area contributed by atoms with Gasteiger partial charge in [0.15, 0.2) is 17.6 Å². The number of carbonyl (C=O) groups excluding carboxylic acids is 3. The van der Waals surface area contributed by atoms with E-state index in [0.29, 0.717) is 5.56 Å². The van der Waals surface area contributed by atoms with E-state index in [4.69, 9.17) is 11.5 Å². The molecule has 0 bridgehead atoms. The Morgan fingerprint density at radius 3 is 2.71 bits per heavy atom. The van der Waals surface area contributed by atoms with Gasteiger partial charge in [0.25, 0.3) is 5.91 Å². The first-order valence-corrected chi connectivity index (χ1v) is 11.9. The molecule has 3 unspecified atom stereocenters. The Balaban J connectivity index is 1.28. The summed E-state index contributed by atoms with van der Waals surface area (Å²) in [7, 11) is 0. The molecule has 35 heavy (non-hydrogen) atoms. The number of amides is 3. The van der Waals surface area contributed by atoms with Gasteiger partial charge >= 0.3 is 0 Å². The van der Waals surface area contributed by atoms with Crippen LogP contribution in [0, 0.1) is 0 Å². The zero-order valence-electron chi connectivity index (χ0n) is 19.1. The number of aliphatic hydroxyl groups is 1. The molecule has 5 atom stereocenters. The number of likely N-dealkylation sites (tertiary alicyclic amines) is 1. The van der Waals surface area contributed by atoms with E-state index in [-0.39, 0.29) is 55.6 Å². The molecule has 184 valence electrons. The van der Waals surface area contributed by atoms with Gasteiger partial charge in [-0.2, -0.15) is 0 Å². The molecule has 1 aliphatic carbocycles. The number of imide groups is 1. The van der Waals surface area contributed by atoms with Crippen molar-refractivity contribution >= 4 is 29.6 Å². The fraction of sp³-hybridized carbons (Fsp3) is 0.522. The summed E-state index contributed by atoms with van der Waals surface area (Å²) in [6.45, 7) is 0.189. The van der Waals surface area contributed by atoms with Crippen LogP contribution in [0.15, 0.2) is 28.2 Å². The second-order valence-electron chi connectivity index (χ2n) is 9.79. The Kier molecular flexibility index (Phi) is 4.78. The molecular formula is C23H28N8O4. The van der Waals surface area contributed by atoms with Gasteiger partial charge in [-0.3, -0.25) is 19.3 Å². The Bertz CT molecular complexity index is 1180. The number of hydrogen-bond donors (Lipinski definition) is 5. The Morgan fingerprint density at radius 2 is 1.94 bits per heavy atom. The number of guanidine groups is 2. The molecular weight excluding hydrogens is 452 g/mol. The number of rotatable bonds is 4. The van der Waals surface area contributed by atoms with E-state index < -0.39 is 29.9 Å². The lowest BCUT2D eigenvalue weighted by atomic mass is 9.87. The first-order valence-electron chi connectivity index (χ1n) is 11.9. The average Bonchev–Trinajstić information content (AvgIpc) is 3.58. The number of aliphatic imine (C=N–C) groups is 2. The van der Waals surface area contributed by atoms with Crippen LogP contribution in [-0.2, 0) is 22.4 Å². The van der Waals surface area contributed by atoms with Gasteiger partial charge in [-0.25, -0.2) is 9.98 Å². The summed E-state index contributed by atoms with van der Waals surface area (Å²) < 4.78 is 0. The van der Waals surface area contributed by atoms with Crippen LogP contribution in [0.2, 0.25) is 0 Å². The third-order valence-electron chi connectivity index (χ3n) is 7.89. The van der Waals surface area contributed by atoms with E-state index >= 15 is 0 Å². The number of benzene rings is 1. The largest absolute Gasteiger partial charge is 0.386 e. The summed E-state index contributed by atoms with van der Waals surface area (Å²) in [6.07, 6.45) is 2.01. The van der Waals surface area contributed by atoms with Crippen molar-refractivity contribution in [1.29, 1.82) is 0 Å². The molecule has 0 saturated carbocycles. The number of nitrogens with two attached hydrogens (primary N) is 2. The third kappa shape index (κ3) is 3.12. The van der Waals surface area contributed by atoms with E-state index in [9.17, 15) is 19.5 Å². The number of nitrogens with zero attached hydrogens (tertiary/aromatic N) is 4. The van der Waals surface area contributed by atoms with Gasteiger partial charge in [0.05, 0.1) is 18.6 Å². The van der Waals surface area contributed by atoms with Crippen LogP contribution in [0.5, 0.6) is 0 Å². The predicted octanol–water partition coefficient (Wildman–Crippen LogP) is -2.22. The zero-order chi connectivity index (χ0) is 24.5. The summed E-state index contributed by atoms with van der Waals surface area (Å²) in [5, 5.41) is 17.6. The second-order valence-corrected chi connectivity index (χ2v) is 9.79. The van der Waals surface area contributed by atoms with Crippen molar-refractivity contribution in [3.05, 3.63) is 34.9 Å². The van der Waals surface area contributed by atoms with Gasteiger partial charge in [-0.1, -0.05) is 12.1 Å². The van der Waals surface area contributed by atoms with Gasteiger partial charge in [0.2, 0.25) is 11.8 Å². The van der Waals surface area contributed by atoms with Gasteiger partial charge in [-0.05, 0) is 36.5 Å². The fourth-order valence-corrected chi connectivity index (χ4v) is 6.28. The van der Waals surface area contributed by atoms with Crippen molar-refractivity contribution in [2.75, 3.05) is 13.1 Å². The van der Waals surface area contributed by atoms with Crippen LogP contribution in [0.3, 0.4) is 0 Å². The highest BCUT2D eigenvalue weighted by atomic mass is 16.3. The molecule has 4 heterocycles. The minimum atomic E-state index is -1.25. The van der Waals surface area contributed by atoms with Crippen LogP contribution in [0.1, 0.15) is 40.7 Å². The topological polar surface area (TPSA) is 179 Å². The monoisotopic (exact) mass is 480 g/mol. The lowest BCUT2D eigenvalue weighted by Crippen LogP contribution is -2.73. The first-order chi connectivity index (χ1) is 16.8. The molecule has 4 aliphatic heterocycles. The molecule has 0 radical (unpaired) electrons. The highest BCUT2D eigenvalue weighted by Gasteiger charge is 2.65. The van der Waals surface area contributed by atoms with Crippen LogP contribution in [-0.4, -0.2) is 87.5 Å². The maximum absolute atomic E-state index is 13.3. The zero-order valence-corrected chi connectivity index (χ0v) is 19.1. The SMILES string of the molecule is NC1=NC2C(CN3C(=O)CCC3=O)N=C(N)N3CC(NC(=O)c4cccc5c4CCC5)[C@@H](O)[C@]23N1. The number of hydrogen-bond acceptors (Lipinski definition) is 10. The quantitative estimate of drug-likeness (QED) is 0.301. The minimum absolute atomic E-state index is 0.00299. The van der Waals surface area contributed by atoms with E-state index in [1.165, 1.54) is 10.5 Å². The fourth-order valence-electron chi connectivity index (χ4n) is 6.28. The van der Waals surface area contributed by atoms with Crippen LogP contribution < -0.4 is 22.1 Å². The van der Waals surface area contributed by atoms with Crippen LogP contribution in [0.4, 0.5) is 0 Å². The summed E-state index contributed by atoms with van der Waals surface area (Å²) in [6, 6.07) is 3.65. The molecule has 6 rings (SSSR count). The molecule has 5 aliphatic rings. The standard InChI is InChI=1S/C23H28N8O4/c24-21-28-18-14(9-30-16(32)7-8-17(30)33)27-22(25)31-10-15(19(34)23(18,31)29-21)26-20(35)13-6-2-4-11-3-1-5-12(11)13/h2,4,6,14-15,18-19,34H,1,3,5,7-10H2,(H2,25,27)(H,26,35)(H3,24,28,29)/t14?,15?,18?,19-,23+/m1/s1. The van der Waals surface area contributed by atoms with E-state index in [0.717, 1.165) is 24.8 Å². The molecule has 0 aromatic heterocycles. The summed E-state index contributed by atoms with van der Waals surface area (Å²) in [5.41, 5.74) is 14.0. The Morgan fingerprint density at radius 1 is 1.17 bits per heavy atom. The van der Waals surface area contributed by atoms with Crippen molar-refractivity contribution < 1.29 is 19.5 Å². The number of aryl methyl sites for hydroxylation is 1. The predicted molar refractivity (Wildman–Crippen MR) is 125 cm³/mol. The van der Waals surface area contributed by atoms with E-state index in [1.807, 2.05) is 12.1 Å². The highest BCUT2D eigenvalue weighted by molar-refractivity contribution is 6.02. The number of fused-ring (bicyclic) bond motifs is 1. The molecule has 1 aromatic rings. The minimum Gasteiger partial charge on any atom is -0.386 e. The normalized spacial score (nSPS) is 33.2. The Hall–Kier alpha value is -3.67. The maximum atomic E-state index is 13.3. The lowest BCUT2D eigenvalue weighted by Gasteiger charge is -2.46. The number of aliphatic hydroxyl groups excluding tert-OH is 1. The van der Waals surface area contributed by atoms with E-state index in [2.05, 4.69) is 20.6 Å². The summed E-state index contributed by atoms with van der Waals surface area (Å²) in [4.78, 5) is 49.5. The first kappa shape index (κ1) is 21.8. The second kappa shape index (κ2) is 7.67. The smallest absolute Gasteiger partial charge is 0.251 e. The highest BCUT2D eigenvalue weighted by Crippen LogP contribution is 2.40. The van der Waals surface area contributed by atoms with Crippen molar-refractivity contribution in [3.63, 3.8) is 0 Å². The maximum Gasteiger partial charge on any atom is 0.251 e. The van der Waals surface area contributed by atoms with Gasteiger partial charge in [-0.15, -0.1) is 0 Å². The summed E-state index contributed by atoms with van der Waals surface area (Å²) >= 11 is 0. The number of nitrogens with one attached hydrogen (secondary N) is 2. The average molecular weight is 481 g/mol. The molecule has 2 saturated heterocycles. The van der Waals surface area contributed by atoms with E-state index in [1.54, 1.807) is 11.0 Å². The molecule has 7 N–H and O–H groups in total. The van der Waals surface area contributed by atoms with Gasteiger partial charge in [0, 0.05) is 24.9 Å². The molecule has 1 aromatic carbocycles. The van der Waals surface area contributed by atoms with Gasteiger partial charge in [0.1, 0.15) is 12.1 Å². The van der Waals surface area contributed by atoms with Crippen LogP contribution >= 0.6 is 0 Å². The Labute approximate surface area is 201 Å². The molecule has 1 spiro atoms. The van der Waals surface area contributed by atoms with Crippen molar-refractivity contribution in [2.45, 2.75) is 62.0 Å². The lowest BCUT2D eigenvalue weighted by molar-refractivity contribution is -0.138. The number of carbonyl (C=O) groups is 3. The molecule has 2 fully saturated rings. The van der Waals surface area contributed by atoms with Gasteiger partial charge < -0.3 is 32.1 Å². The van der Waals surface area contributed by atoms with Crippen molar-refractivity contribution in [3.8, 4) is 0 Å². The van der Waals surface area contributed by atoms with Crippen LogP contribution in [0.25, 0.3) is 0 Å². The van der Waals surface area contributed by atoms with Crippen molar-refractivity contribution in [1.82, 2.24) is 20.4 Å². The van der Waals surface area contributed by atoms with Crippen molar-refractivity contribution in [2.24, 2.45) is 21.5 Å². The third-order valence-corrected chi connectivity index (χ3v) is 7.89.